The minimum Gasteiger partial charge on any atom is -0.311 e. The summed E-state index contributed by atoms with van der Waals surface area (Å²) in [6.07, 6.45) is 0. The SMILES string of the molecule is CC1CN(S(=O)(=O)c2ccccc2[N+](=O)[O-])C(C)CN1.Cl. The minimum absolute atomic E-state index is 0. The van der Waals surface area contributed by atoms with Crippen molar-refractivity contribution in [2.24, 2.45) is 0 Å². The summed E-state index contributed by atoms with van der Waals surface area (Å²) in [5.41, 5.74) is -0.383. The zero-order chi connectivity index (χ0) is 14.9. The average Bonchev–Trinajstić information content (AvgIpc) is 2.41. The number of benzene rings is 1. The lowest BCUT2D eigenvalue weighted by Gasteiger charge is -2.36. The second-order valence-electron chi connectivity index (χ2n) is 4.96. The molecule has 0 radical (unpaired) electrons. The first-order valence-corrected chi connectivity index (χ1v) is 7.76. The Labute approximate surface area is 129 Å². The number of para-hydroxylation sites is 1. The van der Waals surface area contributed by atoms with Crippen molar-refractivity contribution in [3.8, 4) is 0 Å². The van der Waals surface area contributed by atoms with E-state index in [1.165, 1.54) is 28.6 Å². The van der Waals surface area contributed by atoms with Crippen molar-refractivity contribution in [1.29, 1.82) is 0 Å². The van der Waals surface area contributed by atoms with Crippen LogP contribution >= 0.6 is 12.4 Å². The predicted octanol–water partition coefficient (Wildman–Crippen LogP) is 1.39. The molecule has 0 spiro atoms. The van der Waals surface area contributed by atoms with Crippen molar-refractivity contribution in [3.05, 3.63) is 34.4 Å². The van der Waals surface area contributed by atoms with Gasteiger partial charge in [0.2, 0.25) is 10.0 Å². The molecule has 1 fully saturated rings. The molecule has 2 unspecified atom stereocenters. The summed E-state index contributed by atoms with van der Waals surface area (Å²) in [5.74, 6) is 0. The van der Waals surface area contributed by atoms with Crippen LogP contribution in [-0.2, 0) is 10.0 Å². The fourth-order valence-corrected chi connectivity index (χ4v) is 4.15. The summed E-state index contributed by atoms with van der Waals surface area (Å²) in [7, 11) is -3.87. The van der Waals surface area contributed by atoms with Gasteiger partial charge in [-0.3, -0.25) is 10.1 Å². The van der Waals surface area contributed by atoms with Crippen LogP contribution in [0.15, 0.2) is 29.2 Å². The molecule has 1 aromatic rings. The quantitative estimate of drug-likeness (QED) is 0.665. The zero-order valence-corrected chi connectivity index (χ0v) is 13.4. The van der Waals surface area contributed by atoms with Crippen molar-refractivity contribution in [2.45, 2.75) is 30.8 Å². The number of nitro benzene ring substituents is 1. The molecular formula is C12H18ClN3O4S. The molecule has 0 bridgehead atoms. The largest absolute Gasteiger partial charge is 0.311 e. The van der Waals surface area contributed by atoms with E-state index in [4.69, 9.17) is 0 Å². The highest BCUT2D eigenvalue weighted by Gasteiger charge is 2.36. The molecule has 9 heteroatoms. The van der Waals surface area contributed by atoms with E-state index in [1.54, 1.807) is 6.92 Å². The number of hydrogen-bond acceptors (Lipinski definition) is 5. The second-order valence-corrected chi connectivity index (χ2v) is 6.82. The normalized spacial score (nSPS) is 23.3. The van der Waals surface area contributed by atoms with Crippen molar-refractivity contribution in [1.82, 2.24) is 9.62 Å². The number of nitrogens with one attached hydrogen (secondary N) is 1. The van der Waals surface area contributed by atoms with Crippen molar-refractivity contribution in [3.63, 3.8) is 0 Å². The first-order chi connectivity index (χ1) is 9.34. The van der Waals surface area contributed by atoms with Crippen LogP contribution in [0.3, 0.4) is 0 Å². The summed E-state index contributed by atoms with van der Waals surface area (Å²) in [6.45, 7) is 4.50. The molecule has 2 atom stereocenters. The Kier molecular flexibility index (Phi) is 5.68. The number of rotatable bonds is 3. The van der Waals surface area contributed by atoms with Gasteiger partial charge in [0.25, 0.3) is 5.69 Å². The third-order valence-corrected chi connectivity index (χ3v) is 5.38. The van der Waals surface area contributed by atoms with E-state index >= 15 is 0 Å². The Morgan fingerprint density at radius 1 is 1.33 bits per heavy atom. The van der Waals surface area contributed by atoms with Crippen LogP contribution in [-0.4, -0.2) is 42.8 Å². The van der Waals surface area contributed by atoms with Crippen LogP contribution in [0.1, 0.15) is 13.8 Å². The van der Waals surface area contributed by atoms with Crippen LogP contribution in [0, 0.1) is 10.1 Å². The number of piperazine rings is 1. The van der Waals surface area contributed by atoms with Crippen LogP contribution in [0.4, 0.5) is 5.69 Å². The van der Waals surface area contributed by atoms with Crippen molar-refractivity contribution < 1.29 is 13.3 Å². The molecule has 1 saturated heterocycles. The highest BCUT2D eigenvalue weighted by Crippen LogP contribution is 2.28. The summed E-state index contributed by atoms with van der Waals surface area (Å²) < 4.78 is 26.7. The Morgan fingerprint density at radius 3 is 2.57 bits per heavy atom. The summed E-state index contributed by atoms with van der Waals surface area (Å²) in [5, 5.41) is 14.2. The first-order valence-electron chi connectivity index (χ1n) is 6.32. The molecule has 21 heavy (non-hydrogen) atoms. The number of hydrogen-bond donors (Lipinski definition) is 1. The molecule has 0 saturated carbocycles. The van der Waals surface area contributed by atoms with Gasteiger partial charge in [-0.2, -0.15) is 4.31 Å². The fourth-order valence-electron chi connectivity index (χ4n) is 2.28. The smallest absolute Gasteiger partial charge is 0.289 e. The van der Waals surface area contributed by atoms with E-state index in [9.17, 15) is 18.5 Å². The monoisotopic (exact) mass is 335 g/mol. The lowest BCUT2D eigenvalue weighted by atomic mass is 10.2. The third-order valence-electron chi connectivity index (χ3n) is 3.36. The highest BCUT2D eigenvalue weighted by molar-refractivity contribution is 7.89. The Hall–Kier alpha value is -1.22. The lowest BCUT2D eigenvalue weighted by Crippen LogP contribution is -2.56. The molecule has 0 aliphatic carbocycles. The van der Waals surface area contributed by atoms with Crippen LogP contribution in [0.25, 0.3) is 0 Å². The Bertz CT molecular complexity index is 623. The summed E-state index contributed by atoms with van der Waals surface area (Å²) in [4.78, 5) is 10.1. The van der Waals surface area contributed by atoms with Gasteiger partial charge in [0.1, 0.15) is 0 Å². The van der Waals surface area contributed by atoms with Crippen LogP contribution in [0.5, 0.6) is 0 Å². The Balaban J connectivity index is 0.00000220. The average molecular weight is 336 g/mol. The van der Waals surface area contributed by atoms with Gasteiger partial charge in [-0.1, -0.05) is 12.1 Å². The maximum absolute atomic E-state index is 12.7. The maximum atomic E-state index is 12.7. The number of halogens is 1. The minimum atomic E-state index is -3.87. The van der Waals surface area contributed by atoms with Crippen LogP contribution in [0.2, 0.25) is 0 Å². The zero-order valence-electron chi connectivity index (χ0n) is 11.7. The molecule has 118 valence electrons. The molecular weight excluding hydrogens is 318 g/mol. The van der Waals surface area contributed by atoms with Gasteiger partial charge in [0.15, 0.2) is 4.90 Å². The molecule has 0 amide bonds. The van der Waals surface area contributed by atoms with E-state index in [0.29, 0.717) is 13.1 Å². The van der Waals surface area contributed by atoms with Crippen molar-refractivity contribution >= 4 is 28.1 Å². The molecule has 7 nitrogen and oxygen atoms in total. The molecule has 1 heterocycles. The number of nitrogens with zero attached hydrogens (tertiary/aromatic N) is 2. The Morgan fingerprint density at radius 2 is 1.95 bits per heavy atom. The van der Waals surface area contributed by atoms with E-state index in [1.807, 2.05) is 6.92 Å². The standard InChI is InChI=1S/C12H17N3O4S.ClH/c1-9-8-14(10(2)7-13-9)20(18,19)12-6-4-3-5-11(12)15(16)17;/h3-6,9-10,13H,7-8H2,1-2H3;1H. The van der Waals surface area contributed by atoms with Gasteiger partial charge < -0.3 is 5.32 Å². The third kappa shape index (κ3) is 3.52. The van der Waals surface area contributed by atoms with E-state index in [0.717, 1.165) is 0 Å². The van der Waals surface area contributed by atoms with Gasteiger partial charge in [0, 0.05) is 31.2 Å². The molecule has 1 N–H and O–H groups in total. The first kappa shape index (κ1) is 17.8. The van der Waals surface area contributed by atoms with Gasteiger partial charge in [0.05, 0.1) is 4.92 Å². The predicted molar refractivity (Wildman–Crippen MR) is 81.2 cm³/mol. The van der Waals surface area contributed by atoms with Gasteiger partial charge in [-0.15, -0.1) is 12.4 Å². The molecule has 1 aliphatic rings. The van der Waals surface area contributed by atoms with Gasteiger partial charge in [-0.05, 0) is 19.9 Å². The highest BCUT2D eigenvalue weighted by atomic mass is 35.5. The lowest BCUT2D eigenvalue weighted by molar-refractivity contribution is -0.387. The maximum Gasteiger partial charge on any atom is 0.289 e. The van der Waals surface area contributed by atoms with E-state index < -0.39 is 14.9 Å². The van der Waals surface area contributed by atoms with Crippen LogP contribution < -0.4 is 5.32 Å². The molecule has 0 aromatic heterocycles. The second kappa shape index (κ2) is 6.69. The number of nitro groups is 1. The molecule has 1 aromatic carbocycles. The molecule has 1 aliphatic heterocycles. The van der Waals surface area contributed by atoms with Crippen molar-refractivity contribution in [2.75, 3.05) is 13.1 Å². The van der Waals surface area contributed by atoms with Gasteiger partial charge in [-0.25, -0.2) is 8.42 Å². The molecule has 2 rings (SSSR count). The van der Waals surface area contributed by atoms with E-state index in [-0.39, 0.29) is 35.1 Å². The fraction of sp³-hybridized carbons (Fsp3) is 0.500. The summed E-state index contributed by atoms with van der Waals surface area (Å²) in [6, 6.07) is 5.23. The topological polar surface area (TPSA) is 92.5 Å². The summed E-state index contributed by atoms with van der Waals surface area (Å²) >= 11 is 0. The van der Waals surface area contributed by atoms with E-state index in [2.05, 4.69) is 5.32 Å². The van der Waals surface area contributed by atoms with Gasteiger partial charge >= 0.3 is 0 Å². The number of sulfonamides is 1.